The molecular weight excluding hydrogens is 462 g/mol. The molecule has 0 fully saturated rings. The third-order valence-corrected chi connectivity index (χ3v) is 5.45. The molecule has 0 radical (unpaired) electrons. The summed E-state index contributed by atoms with van der Waals surface area (Å²) in [6.07, 6.45) is 4.81. The van der Waals surface area contributed by atoms with Crippen molar-refractivity contribution in [1.82, 2.24) is 0 Å². The van der Waals surface area contributed by atoms with E-state index in [1.54, 1.807) is 49.6 Å². The molecule has 5 heteroatoms. The molecule has 5 nitrogen and oxygen atoms in total. The smallest absolute Gasteiger partial charge is 0.336 e. The van der Waals surface area contributed by atoms with E-state index in [2.05, 4.69) is 6.07 Å². The molecule has 0 saturated carbocycles. The Balaban J connectivity index is 1.35. The van der Waals surface area contributed by atoms with E-state index in [0.717, 1.165) is 33.8 Å². The number of allylic oxidation sites excluding steroid dienone is 1. The van der Waals surface area contributed by atoms with E-state index in [9.17, 15) is 10.1 Å². The van der Waals surface area contributed by atoms with Crippen molar-refractivity contribution in [2.24, 2.45) is 0 Å². The number of methoxy groups -OCH3 is 1. The van der Waals surface area contributed by atoms with Crippen LogP contribution in [-0.4, -0.2) is 13.1 Å². The van der Waals surface area contributed by atoms with Crippen molar-refractivity contribution < 1.29 is 19.0 Å². The van der Waals surface area contributed by atoms with Crippen LogP contribution in [0, 0.1) is 11.3 Å². The first-order valence-corrected chi connectivity index (χ1v) is 11.7. The van der Waals surface area contributed by atoms with Crippen molar-refractivity contribution in [3.05, 3.63) is 131 Å². The van der Waals surface area contributed by atoms with Gasteiger partial charge in [-0.3, -0.25) is 0 Å². The van der Waals surface area contributed by atoms with Crippen LogP contribution in [0.15, 0.2) is 109 Å². The third kappa shape index (κ3) is 7.45. The minimum atomic E-state index is -0.499. The maximum absolute atomic E-state index is 12.4. The summed E-state index contributed by atoms with van der Waals surface area (Å²) >= 11 is 0. The SMILES string of the molecule is COc1ccc(/C(C#N)=C\c2cccc(OC(=O)/C=C/c3ccc(OCc4ccccc4)cc3)c2)cc1. The van der Waals surface area contributed by atoms with E-state index < -0.39 is 5.97 Å². The Morgan fingerprint density at radius 2 is 1.54 bits per heavy atom. The lowest BCUT2D eigenvalue weighted by Crippen LogP contribution is -2.03. The lowest BCUT2D eigenvalue weighted by molar-refractivity contribution is -0.128. The minimum absolute atomic E-state index is 0.389. The topological polar surface area (TPSA) is 68.5 Å². The Morgan fingerprint density at radius 1 is 0.811 bits per heavy atom. The number of carbonyl (C=O) groups excluding carboxylic acids is 1. The summed E-state index contributed by atoms with van der Waals surface area (Å²) in [6.45, 7) is 0.493. The van der Waals surface area contributed by atoms with E-state index >= 15 is 0 Å². The Labute approximate surface area is 216 Å². The zero-order chi connectivity index (χ0) is 25.9. The third-order valence-electron chi connectivity index (χ3n) is 5.45. The highest BCUT2D eigenvalue weighted by atomic mass is 16.5. The van der Waals surface area contributed by atoms with Crippen molar-refractivity contribution in [3.63, 3.8) is 0 Å². The normalized spacial score (nSPS) is 11.1. The zero-order valence-corrected chi connectivity index (χ0v) is 20.3. The number of esters is 1. The van der Waals surface area contributed by atoms with Crippen molar-refractivity contribution in [1.29, 1.82) is 5.26 Å². The van der Waals surface area contributed by atoms with Gasteiger partial charge in [0.05, 0.1) is 18.8 Å². The Kier molecular flexibility index (Phi) is 8.50. The fourth-order valence-corrected chi connectivity index (χ4v) is 3.52. The standard InChI is InChI=1S/C32H25NO4/c1-35-29-17-13-27(14-18-29)28(22-33)20-26-8-5-9-31(21-26)37-32(34)19-12-24-10-15-30(16-11-24)36-23-25-6-3-2-4-7-25/h2-21H,23H2,1H3/b19-12+,28-20-. The average molecular weight is 488 g/mol. The highest BCUT2D eigenvalue weighted by molar-refractivity contribution is 5.91. The molecule has 0 aliphatic rings. The molecule has 0 heterocycles. The average Bonchev–Trinajstić information content (AvgIpc) is 2.95. The lowest BCUT2D eigenvalue weighted by atomic mass is 10.0. The van der Waals surface area contributed by atoms with Crippen LogP contribution in [0.5, 0.6) is 17.2 Å². The summed E-state index contributed by atoms with van der Waals surface area (Å²) in [5.41, 5.74) is 3.94. The second-order valence-corrected chi connectivity index (χ2v) is 8.07. The largest absolute Gasteiger partial charge is 0.497 e. The van der Waals surface area contributed by atoms with Gasteiger partial charge in [-0.05, 0) is 82.9 Å². The molecule has 0 spiro atoms. The maximum Gasteiger partial charge on any atom is 0.336 e. The van der Waals surface area contributed by atoms with Crippen LogP contribution in [0.4, 0.5) is 0 Å². The minimum Gasteiger partial charge on any atom is -0.497 e. The van der Waals surface area contributed by atoms with Gasteiger partial charge in [-0.1, -0.05) is 54.6 Å². The number of hydrogen-bond donors (Lipinski definition) is 0. The van der Waals surface area contributed by atoms with E-state index in [-0.39, 0.29) is 0 Å². The fraction of sp³-hybridized carbons (Fsp3) is 0.0625. The number of carbonyl (C=O) groups is 1. The molecule has 182 valence electrons. The molecule has 0 aromatic heterocycles. The highest BCUT2D eigenvalue weighted by Crippen LogP contribution is 2.23. The van der Waals surface area contributed by atoms with Crippen LogP contribution < -0.4 is 14.2 Å². The highest BCUT2D eigenvalue weighted by Gasteiger charge is 2.05. The summed E-state index contributed by atoms with van der Waals surface area (Å²) in [5.74, 6) is 1.36. The molecule has 37 heavy (non-hydrogen) atoms. The zero-order valence-electron chi connectivity index (χ0n) is 20.3. The van der Waals surface area contributed by atoms with Crippen molar-refractivity contribution >= 4 is 23.7 Å². The molecule has 4 rings (SSSR count). The van der Waals surface area contributed by atoms with Crippen LogP contribution in [-0.2, 0) is 11.4 Å². The number of nitriles is 1. The predicted molar refractivity (Wildman–Crippen MR) is 145 cm³/mol. The second-order valence-electron chi connectivity index (χ2n) is 8.07. The van der Waals surface area contributed by atoms with Crippen LogP contribution in [0.3, 0.4) is 0 Å². The van der Waals surface area contributed by atoms with Gasteiger partial charge in [-0.15, -0.1) is 0 Å². The lowest BCUT2D eigenvalue weighted by Gasteiger charge is -2.06. The van der Waals surface area contributed by atoms with Gasteiger partial charge in [0.15, 0.2) is 0 Å². The Hall–Kier alpha value is -5.08. The van der Waals surface area contributed by atoms with Gasteiger partial charge in [0.2, 0.25) is 0 Å². The quantitative estimate of drug-likeness (QED) is 0.0839. The number of nitrogens with zero attached hydrogens (tertiary/aromatic N) is 1. The molecule has 0 atom stereocenters. The molecule has 4 aromatic rings. The summed E-state index contributed by atoms with van der Waals surface area (Å²) in [6, 6.07) is 33.9. The van der Waals surface area contributed by atoms with E-state index in [1.165, 1.54) is 6.08 Å². The molecular formula is C32H25NO4. The first-order valence-electron chi connectivity index (χ1n) is 11.7. The van der Waals surface area contributed by atoms with Gasteiger partial charge < -0.3 is 14.2 Å². The Morgan fingerprint density at radius 3 is 2.24 bits per heavy atom. The van der Waals surface area contributed by atoms with Crippen LogP contribution in [0.25, 0.3) is 17.7 Å². The van der Waals surface area contributed by atoms with Crippen molar-refractivity contribution in [3.8, 4) is 23.3 Å². The molecule has 0 aliphatic heterocycles. The van der Waals surface area contributed by atoms with Gasteiger partial charge in [0.25, 0.3) is 0 Å². The van der Waals surface area contributed by atoms with E-state index in [0.29, 0.717) is 17.9 Å². The molecule has 0 aliphatic carbocycles. The molecule has 0 bridgehead atoms. The maximum atomic E-state index is 12.4. The number of rotatable bonds is 9. The second kappa shape index (κ2) is 12.6. The monoisotopic (exact) mass is 487 g/mol. The molecule has 0 amide bonds. The van der Waals surface area contributed by atoms with Gasteiger partial charge in [-0.2, -0.15) is 5.26 Å². The summed E-state index contributed by atoms with van der Waals surface area (Å²) in [5, 5.41) is 9.61. The van der Waals surface area contributed by atoms with Gasteiger partial charge in [-0.25, -0.2) is 4.79 Å². The number of hydrogen-bond acceptors (Lipinski definition) is 5. The fourth-order valence-electron chi connectivity index (χ4n) is 3.52. The van der Waals surface area contributed by atoms with Crippen LogP contribution in [0.2, 0.25) is 0 Å². The molecule has 0 saturated heterocycles. The Bertz CT molecular complexity index is 1430. The van der Waals surface area contributed by atoms with Crippen LogP contribution in [0.1, 0.15) is 22.3 Å². The van der Waals surface area contributed by atoms with Crippen molar-refractivity contribution in [2.75, 3.05) is 7.11 Å². The predicted octanol–water partition coefficient (Wildman–Crippen LogP) is 6.96. The number of benzene rings is 4. The van der Waals surface area contributed by atoms with E-state index in [4.69, 9.17) is 14.2 Å². The number of ether oxygens (including phenoxy) is 3. The summed E-state index contributed by atoms with van der Waals surface area (Å²) in [4.78, 5) is 12.4. The van der Waals surface area contributed by atoms with Gasteiger partial charge in [0, 0.05) is 6.08 Å². The first-order chi connectivity index (χ1) is 18.1. The van der Waals surface area contributed by atoms with E-state index in [1.807, 2.05) is 72.8 Å². The molecule has 4 aromatic carbocycles. The van der Waals surface area contributed by atoms with Crippen LogP contribution >= 0.6 is 0 Å². The van der Waals surface area contributed by atoms with Gasteiger partial charge in [0.1, 0.15) is 23.9 Å². The molecule has 0 N–H and O–H groups in total. The van der Waals surface area contributed by atoms with Crippen molar-refractivity contribution in [2.45, 2.75) is 6.61 Å². The summed E-state index contributed by atoms with van der Waals surface area (Å²) in [7, 11) is 1.59. The van der Waals surface area contributed by atoms with Gasteiger partial charge >= 0.3 is 5.97 Å². The first kappa shape index (κ1) is 25.0. The summed E-state index contributed by atoms with van der Waals surface area (Å²) < 4.78 is 16.4. The molecule has 0 unspecified atom stereocenters.